The molecule has 0 saturated heterocycles. The Hall–Kier alpha value is -1.98. The molecule has 0 bridgehead atoms. The summed E-state index contributed by atoms with van der Waals surface area (Å²) in [7, 11) is 0. The van der Waals surface area contributed by atoms with E-state index in [2.05, 4.69) is 4.98 Å². The van der Waals surface area contributed by atoms with Gasteiger partial charge >= 0.3 is 12.2 Å². The molecule has 0 radical (unpaired) electrons. The summed E-state index contributed by atoms with van der Waals surface area (Å²) in [6, 6.07) is 5.37. The van der Waals surface area contributed by atoms with Crippen LogP contribution in [-0.2, 0) is 6.18 Å². The number of hydrogen-bond donors (Lipinski definition) is 0. The molecule has 0 unspecified atom stereocenters. The molecule has 0 spiro atoms. The number of nitrogens with zero attached hydrogens (tertiary/aromatic N) is 2. The molecule has 2 rings (SSSR count). The second kappa shape index (κ2) is 4.95. The molecule has 6 heteroatoms. The number of aryl methyl sites for hydroxylation is 1. The summed E-state index contributed by atoms with van der Waals surface area (Å²) in [5.74, 6) is 0. The molecular formula is C13H13F3N2O. The highest BCUT2D eigenvalue weighted by Gasteiger charge is 2.30. The van der Waals surface area contributed by atoms with E-state index in [0.717, 1.165) is 12.1 Å². The van der Waals surface area contributed by atoms with Crippen LogP contribution in [0.25, 0.3) is 5.69 Å². The molecule has 0 aliphatic rings. The fourth-order valence-electron chi connectivity index (χ4n) is 1.78. The van der Waals surface area contributed by atoms with E-state index in [0.29, 0.717) is 24.0 Å². The Labute approximate surface area is 108 Å². The van der Waals surface area contributed by atoms with Crippen molar-refractivity contribution >= 4 is 0 Å². The first-order valence-corrected chi connectivity index (χ1v) is 5.78. The van der Waals surface area contributed by atoms with Crippen molar-refractivity contribution in [3.8, 4) is 11.7 Å². The standard InChI is InChI=1S/C13H13F3N2O/c1-3-19-12-17-8-9(2)18(12)11-6-4-5-10(7-11)13(14,15)16/h4-8H,3H2,1-2H3. The molecule has 19 heavy (non-hydrogen) atoms. The Balaban J connectivity index is 2.50. The maximum Gasteiger partial charge on any atom is 0.416 e. The van der Waals surface area contributed by atoms with Crippen molar-refractivity contribution in [1.29, 1.82) is 0 Å². The topological polar surface area (TPSA) is 27.1 Å². The molecule has 0 atom stereocenters. The van der Waals surface area contributed by atoms with E-state index in [-0.39, 0.29) is 0 Å². The van der Waals surface area contributed by atoms with Crippen molar-refractivity contribution in [3.05, 3.63) is 41.7 Å². The van der Waals surface area contributed by atoms with E-state index >= 15 is 0 Å². The van der Waals surface area contributed by atoms with Crippen LogP contribution in [0.1, 0.15) is 18.2 Å². The van der Waals surface area contributed by atoms with Crippen LogP contribution in [0.15, 0.2) is 30.5 Å². The van der Waals surface area contributed by atoms with E-state index in [1.165, 1.54) is 6.07 Å². The molecular weight excluding hydrogens is 257 g/mol. The average Bonchev–Trinajstić information content (AvgIpc) is 2.70. The molecule has 3 nitrogen and oxygen atoms in total. The summed E-state index contributed by atoms with van der Waals surface area (Å²) < 4.78 is 45.0. The van der Waals surface area contributed by atoms with Crippen molar-refractivity contribution < 1.29 is 17.9 Å². The number of imidazole rings is 1. The number of ether oxygens (including phenoxy) is 1. The molecule has 1 aromatic heterocycles. The highest BCUT2D eigenvalue weighted by Crippen LogP contribution is 2.31. The number of benzene rings is 1. The first-order chi connectivity index (χ1) is 8.93. The molecule has 0 fully saturated rings. The molecule has 0 saturated carbocycles. The first kappa shape index (κ1) is 13.5. The first-order valence-electron chi connectivity index (χ1n) is 5.78. The number of alkyl halides is 3. The van der Waals surface area contributed by atoms with Gasteiger partial charge in [-0.1, -0.05) is 6.07 Å². The fraction of sp³-hybridized carbons (Fsp3) is 0.308. The van der Waals surface area contributed by atoms with E-state index in [1.807, 2.05) is 0 Å². The summed E-state index contributed by atoms with van der Waals surface area (Å²) in [6.45, 7) is 3.95. The predicted molar refractivity (Wildman–Crippen MR) is 64.5 cm³/mol. The van der Waals surface area contributed by atoms with Gasteiger partial charge in [-0.2, -0.15) is 13.2 Å². The van der Waals surface area contributed by atoms with Crippen LogP contribution in [-0.4, -0.2) is 16.2 Å². The van der Waals surface area contributed by atoms with Gasteiger partial charge in [-0.25, -0.2) is 4.98 Å². The smallest absolute Gasteiger partial charge is 0.416 e. The SMILES string of the molecule is CCOc1ncc(C)n1-c1cccc(C(F)(F)F)c1. The third kappa shape index (κ3) is 2.72. The molecule has 1 heterocycles. The maximum absolute atomic E-state index is 12.7. The molecule has 0 N–H and O–H groups in total. The summed E-state index contributed by atoms with van der Waals surface area (Å²) in [4.78, 5) is 4.03. The van der Waals surface area contributed by atoms with Crippen LogP contribution in [0.4, 0.5) is 13.2 Å². The predicted octanol–water partition coefficient (Wildman–Crippen LogP) is 3.60. The minimum Gasteiger partial charge on any atom is -0.465 e. The van der Waals surface area contributed by atoms with Crippen molar-refractivity contribution in [2.24, 2.45) is 0 Å². The zero-order valence-electron chi connectivity index (χ0n) is 10.5. The molecule has 1 aromatic carbocycles. The summed E-state index contributed by atoms with van der Waals surface area (Å²) in [6.07, 6.45) is -2.80. The van der Waals surface area contributed by atoms with Crippen molar-refractivity contribution in [2.75, 3.05) is 6.61 Å². The Bertz CT molecular complexity index is 576. The number of rotatable bonds is 3. The van der Waals surface area contributed by atoms with Crippen LogP contribution in [0.2, 0.25) is 0 Å². The molecule has 2 aromatic rings. The van der Waals surface area contributed by atoms with Crippen molar-refractivity contribution in [1.82, 2.24) is 9.55 Å². The van der Waals surface area contributed by atoms with Crippen LogP contribution in [0, 0.1) is 6.92 Å². The van der Waals surface area contributed by atoms with Crippen LogP contribution >= 0.6 is 0 Å². The summed E-state index contributed by atoms with van der Waals surface area (Å²) >= 11 is 0. The zero-order valence-corrected chi connectivity index (χ0v) is 10.5. The Morgan fingerprint density at radius 1 is 1.32 bits per heavy atom. The lowest BCUT2D eigenvalue weighted by atomic mass is 10.2. The van der Waals surface area contributed by atoms with E-state index in [1.54, 1.807) is 30.7 Å². The highest BCUT2D eigenvalue weighted by molar-refractivity contribution is 5.40. The average molecular weight is 270 g/mol. The molecule has 0 amide bonds. The van der Waals surface area contributed by atoms with Crippen LogP contribution in [0.5, 0.6) is 6.01 Å². The third-order valence-corrected chi connectivity index (χ3v) is 2.61. The minimum atomic E-state index is -4.36. The van der Waals surface area contributed by atoms with Crippen molar-refractivity contribution in [2.45, 2.75) is 20.0 Å². The van der Waals surface area contributed by atoms with Gasteiger partial charge in [0.1, 0.15) is 0 Å². The Morgan fingerprint density at radius 2 is 2.05 bits per heavy atom. The van der Waals surface area contributed by atoms with E-state index < -0.39 is 11.7 Å². The second-order valence-corrected chi connectivity index (χ2v) is 4.00. The van der Waals surface area contributed by atoms with Gasteiger partial charge in [-0.15, -0.1) is 0 Å². The van der Waals surface area contributed by atoms with Gasteiger partial charge in [-0.3, -0.25) is 4.57 Å². The lowest BCUT2D eigenvalue weighted by Gasteiger charge is -2.12. The van der Waals surface area contributed by atoms with Gasteiger partial charge in [0, 0.05) is 5.69 Å². The molecule has 0 aliphatic carbocycles. The fourth-order valence-corrected chi connectivity index (χ4v) is 1.78. The monoisotopic (exact) mass is 270 g/mol. The summed E-state index contributed by atoms with van der Waals surface area (Å²) in [5.41, 5.74) is 0.400. The lowest BCUT2D eigenvalue weighted by molar-refractivity contribution is -0.137. The van der Waals surface area contributed by atoms with Crippen LogP contribution < -0.4 is 4.74 Å². The van der Waals surface area contributed by atoms with Gasteiger partial charge in [0.15, 0.2) is 0 Å². The van der Waals surface area contributed by atoms with Gasteiger partial charge in [0.05, 0.1) is 24.1 Å². The van der Waals surface area contributed by atoms with E-state index in [9.17, 15) is 13.2 Å². The second-order valence-electron chi connectivity index (χ2n) is 4.00. The van der Waals surface area contributed by atoms with Crippen LogP contribution in [0.3, 0.4) is 0 Å². The number of hydrogen-bond acceptors (Lipinski definition) is 2. The highest BCUT2D eigenvalue weighted by atomic mass is 19.4. The number of aromatic nitrogens is 2. The van der Waals surface area contributed by atoms with Gasteiger partial charge < -0.3 is 4.74 Å². The molecule has 102 valence electrons. The third-order valence-electron chi connectivity index (χ3n) is 2.61. The largest absolute Gasteiger partial charge is 0.465 e. The zero-order chi connectivity index (χ0) is 14.0. The maximum atomic E-state index is 12.7. The lowest BCUT2D eigenvalue weighted by Crippen LogP contribution is -2.08. The Morgan fingerprint density at radius 3 is 2.68 bits per heavy atom. The van der Waals surface area contributed by atoms with Gasteiger partial charge in [-0.05, 0) is 32.0 Å². The normalized spacial score (nSPS) is 11.6. The minimum absolute atomic E-state index is 0.291. The van der Waals surface area contributed by atoms with Crippen molar-refractivity contribution in [3.63, 3.8) is 0 Å². The van der Waals surface area contributed by atoms with Gasteiger partial charge in [0.2, 0.25) is 0 Å². The summed E-state index contributed by atoms with van der Waals surface area (Å²) in [5, 5.41) is 0. The quantitative estimate of drug-likeness (QED) is 0.852. The van der Waals surface area contributed by atoms with Gasteiger partial charge in [0.25, 0.3) is 0 Å². The van der Waals surface area contributed by atoms with E-state index in [4.69, 9.17) is 4.74 Å². The Kier molecular flexibility index (Phi) is 3.50. The molecule has 0 aliphatic heterocycles. The number of halogens is 3.